The molecule has 1 aromatic rings. The molecule has 0 saturated carbocycles. The van der Waals surface area contributed by atoms with Crippen LogP contribution in [0.3, 0.4) is 0 Å². The van der Waals surface area contributed by atoms with Crippen molar-refractivity contribution >= 4 is 29.5 Å². The fraction of sp³-hybridized carbons (Fsp3) is 0.385. The zero-order chi connectivity index (χ0) is 13.5. The average Bonchev–Trinajstić information content (AvgIpc) is 2.38. The van der Waals surface area contributed by atoms with Crippen LogP contribution in [0.1, 0.15) is 23.7 Å². The van der Waals surface area contributed by atoms with Crippen molar-refractivity contribution in [2.24, 2.45) is 0 Å². The van der Waals surface area contributed by atoms with Gasteiger partial charge in [0, 0.05) is 29.9 Å². The summed E-state index contributed by atoms with van der Waals surface area (Å²) in [6, 6.07) is 5.04. The Hall–Kier alpha value is -1.55. The van der Waals surface area contributed by atoms with Gasteiger partial charge in [0.1, 0.15) is 0 Å². The van der Waals surface area contributed by atoms with Gasteiger partial charge < -0.3 is 10.2 Å². The van der Waals surface area contributed by atoms with E-state index < -0.39 is 0 Å². The molecule has 1 N–H and O–H groups in total. The maximum atomic E-state index is 11.5. The first-order valence-electron chi connectivity index (χ1n) is 5.82. The maximum Gasteiger partial charge on any atom is 0.239 e. The Morgan fingerprint density at radius 3 is 2.78 bits per heavy atom. The number of amides is 1. The molecule has 0 aliphatic heterocycles. The minimum absolute atomic E-state index is 0.0970. The van der Waals surface area contributed by atoms with E-state index in [4.69, 9.17) is 11.6 Å². The standard InChI is InChI=1S/C13H17ClN2O2/c1-3-6-16(8-13(18)15-2)12-7-11(14)5-4-10(12)9-17/h4-5,7,9H,3,6,8H2,1-2H3,(H,15,18). The quantitative estimate of drug-likeness (QED) is 0.804. The van der Waals surface area contributed by atoms with Crippen molar-refractivity contribution in [3.63, 3.8) is 0 Å². The normalized spacial score (nSPS) is 9.94. The summed E-state index contributed by atoms with van der Waals surface area (Å²) in [5.41, 5.74) is 1.24. The zero-order valence-corrected chi connectivity index (χ0v) is 11.3. The second kappa shape index (κ2) is 7.01. The summed E-state index contributed by atoms with van der Waals surface area (Å²) in [4.78, 5) is 24.4. The summed E-state index contributed by atoms with van der Waals surface area (Å²) in [5.74, 6) is -0.0970. The van der Waals surface area contributed by atoms with Crippen LogP contribution in [0.5, 0.6) is 0 Å². The molecule has 0 aliphatic carbocycles. The summed E-state index contributed by atoms with van der Waals surface area (Å²) in [7, 11) is 1.59. The molecule has 5 heteroatoms. The molecular weight excluding hydrogens is 252 g/mol. The molecule has 0 heterocycles. The fourth-order valence-electron chi connectivity index (χ4n) is 1.70. The third-order valence-corrected chi connectivity index (χ3v) is 2.80. The van der Waals surface area contributed by atoms with Crippen molar-refractivity contribution in [3.8, 4) is 0 Å². The van der Waals surface area contributed by atoms with E-state index in [-0.39, 0.29) is 12.5 Å². The van der Waals surface area contributed by atoms with Crippen LogP contribution in [0.4, 0.5) is 5.69 Å². The van der Waals surface area contributed by atoms with E-state index in [0.29, 0.717) is 22.8 Å². The maximum absolute atomic E-state index is 11.5. The van der Waals surface area contributed by atoms with Crippen molar-refractivity contribution in [2.75, 3.05) is 25.0 Å². The van der Waals surface area contributed by atoms with E-state index in [0.717, 1.165) is 12.7 Å². The van der Waals surface area contributed by atoms with Gasteiger partial charge in [-0.05, 0) is 24.6 Å². The van der Waals surface area contributed by atoms with Gasteiger partial charge in [0.15, 0.2) is 6.29 Å². The van der Waals surface area contributed by atoms with Crippen LogP contribution in [0.25, 0.3) is 0 Å². The number of likely N-dealkylation sites (N-methyl/N-ethyl adjacent to an activating group) is 1. The van der Waals surface area contributed by atoms with Crippen LogP contribution in [0.2, 0.25) is 5.02 Å². The van der Waals surface area contributed by atoms with Gasteiger partial charge in [0.25, 0.3) is 0 Å². The summed E-state index contributed by atoms with van der Waals surface area (Å²) in [6.45, 7) is 2.92. The van der Waals surface area contributed by atoms with Gasteiger partial charge in [-0.15, -0.1) is 0 Å². The van der Waals surface area contributed by atoms with E-state index in [1.54, 1.807) is 25.2 Å². The Bertz CT molecular complexity index is 435. The molecule has 0 radical (unpaired) electrons. The lowest BCUT2D eigenvalue weighted by Gasteiger charge is -2.24. The lowest BCUT2D eigenvalue weighted by atomic mass is 10.1. The van der Waals surface area contributed by atoms with Crippen LogP contribution in [0.15, 0.2) is 18.2 Å². The first-order chi connectivity index (χ1) is 8.62. The predicted molar refractivity (Wildman–Crippen MR) is 73.4 cm³/mol. The van der Waals surface area contributed by atoms with Crippen LogP contribution in [0, 0.1) is 0 Å². The Kier molecular flexibility index (Phi) is 5.65. The second-order valence-electron chi connectivity index (χ2n) is 3.92. The molecule has 1 amide bonds. The van der Waals surface area contributed by atoms with Crippen molar-refractivity contribution in [3.05, 3.63) is 28.8 Å². The van der Waals surface area contributed by atoms with Crippen molar-refractivity contribution in [1.29, 1.82) is 0 Å². The monoisotopic (exact) mass is 268 g/mol. The largest absolute Gasteiger partial charge is 0.362 e. The van der Waals surface area contributed by atoms with Crippen LogP contribution in [-0.2, 0) is 4.79 Å². The number of carbonyl (C=O) groups is 2. The summed E-state index contributed by atoms with van der Waals surface area (Å²) in [6.07, 6.45) is 1.65. The van der Waals surface area contributed by atoms with Gasteiger partial charge in [-0.3, -0.25) is 9.59 Å². The van der Waals surface area contributed by atoms with E-state index in [1.807, 2.05) is 11.8 Å². The Balaban J connectivity index is 3.07. The molecule has 98 valence electrons. The Morgan fingerprint density at radius 2 is 2.22 bits per heavy atom. The molecule has 18 heavy (non-hydrogen) atoms. The number of benzene rings is 1. The van der Waals surface area contributed by atoms with E-state index in [2.05, 4.69) is 5.32 Å². The van der Waals surface area contributed by atoms with Crippen molar-refractivity contribution < 1.29 is 9.59 Å². The van der Waals surface area contributed by atoms with E-state index in [1.165, 1.54) is 0 Å². The number of halogens is 1. The molecule has 0 spiro atoms. The minimum atomic E-state index is -0.0970. The lowest BCUT2D eigenvalue weighted by Crippen LogP contribution is -2.36. The van der Waals surface area contributed by atoms with Gasteiger partial charge in [0.05, 0.1) is 6.54 Å². The molecular formula is C13H17ClN2O2. The highest BCUT2D eigenvalue weighted by Crippen LogP contribution is 2.24. The van der Waals surface area contributed by atoms with Gasteiger partial charge in [0.2, 0.25) is 5.91 Å². The Labute approximate surface area is 112 Å². The molecule has 1 aromatic carbocycles. The number of hydrogen-bond donors (Lipinski definition) is 1. The topological polar surface area (TPSA) is 49.4 Å². The highest BCUT2D eigenvalue weighted by molar-refractivity contribution is 6.31. The van der Waals surface area contributed by atoms with E-state index >= 15 is 0 Å². The predicted octanol–water partition coefficient (Wildman–Crippen LogP) is 2.11. The van der Waals surface area contributed by atoms with Gasteiger partial charge >= 0.3 is 0 Å². The van der Waals surface area contributed by atoms with Crippen LogP contribution >= 0.6 is 11.6 Å². The summed E-state index contributed by atoms with van der Waals surface area (Å²) >= 11 is 5.95. The number of carbonyl (C=O) groups excluding carboxylic acids is 2. The Morgan fingerprint density at radius 1 is 1.50 bits per heavy atom. The summed E-state index contributed by atoms with van der Waals surface area (Å²) < 4.78 is 0. The number of rotatable bonds is 6. The molecule has 0 saturated heterocycles. The second-order valence-corrected chi connectivity index (χ2v) is 4.35. The molecule has 0 unspecified atom stereocenters. The van der Waals surface area contributed by atoms with Crippen molar-refractivity contribution in [1.82, 2.24) is 5.32 Å². The minimum Gasteiger partial charge on any atom is -0.362 e. The molecule has 0 fully saturated rings. The van der Waals surface area contributed by atoms with Gasteiger partial charge in [-0.25, -0.2) is 0 Å². The lowest BCUT2D eigenvalue weighted by molar-refractivity contribution is -0.119. The number of nitrogens with zero attached hydrogens (tertiary/aromatic N) is 1. The van der Waals surface area contributed by atoms with Crippen LogP contribution < -0.4 is 10.2 Å². The fourth-order valence-corrected chi connectivity index (χ4v) is 1.86. The molecule has 0 bridgehead atoms. The van der Waals surface area contributed by atoms with Crippen LogP contribution in [-0.4, -0.2) is 32.3 Å². The smallest absolute Gasteiger partial charge is 0.239 e. The number of anilines is 1. The highest BCUT2D eigenvalue weighted by atomic mass is 35.5. The zero-order valence-electron chi connectivity index (χ0n) is 10.6. The van der Waals surface area contributed by atoms with Gasteiger partial charge in [-0.1, -0.05) is 18.5 Å². The molecule has 0 atom stereocenters. The molecule has 4 nitrogen and oxygen atoms in total. The first kappa shape index (κ1) is 14.5. The number of nitrogens with one attached hydrogen (secondary N) is 1. The number of aldehydes is 1. The third-order valence-electron chi connectivity index (χ3n) is 2.57. The van der Waals surface area contributed by atoms with E-state index in [9.17, 15) is 9.59 Å². The third kappa shape index (κ3) is 3.74. The number of hydrogen-bond acceptors (Lipinski definition) is 3. The molecule has 0 aliphatic rings. The SMILES string of the molecule is CCCN(CC(=O)NC)c1cc(Cl)ccc1C=O. The van der Waals surface area contributed by atoms with Crippen molar-refractivity contribution in [2.45, 2.75) is 13.3 Å². The van der Waals surface area contributed by atoms with Gasteiger partial charge in [-0.2, -0.15) is 0 Å². The molecule has 1 rings (SSSR count). The summed E-state index contributed by atoms with van der Waals surface area (Å²) in [5, 5.41) is 3.12. The average molecular weight is 269 g/mol. The highest BCUT2D eigenvalue weighted by Gasteiger charge is 2.14. The first-order valence-corrected chi connectivity index (χ1v) is 6.20. The molecule has 0 aromatic heterocycles.